The second-order valence-corrected chi connectivity index (χ2v) is 6.07. The van der Waals surface area contributed by atoms with E-state index >= 15 is 0 Å². The van der Waals surface area contributed by atoms with Gasteiger partial charge in [-0.05, 0) is 61.3 Å². The quantitative estimate of drug-likeness (QED) is 0.880. The van der Waals surface area contributed by atoms with Gasteiger partial charge in [-0.1, -0.05) is 0 Å². The molecule has 4 nitrogen and oxygen atoms in total. The zero-order valence-electron chi connectivity index (χ0n) is 13.3. The molecule has 1 fully saturated rings. The molecular weight excluding hydrogens is 333 g/mol. The van der Waals surface area contributed by atoms with Crippen molar-refractivity contribution in [3.63, 3.8) is 0 Å². The summed E-state index contributed by atoms with van der Waals surface area (Å²) in [4.78, 5) is 12.9. The van der Waals surface area contributed by atoms with Crippen LogP contribution in [-0.2, 0) is 0 Å². The van der Waals surface area contributed by atoms with Crippen LogP contribution in [0.3, 0.4) is 0 Å². The van der Waals surface area contributed by atoms with Crippen molar-refractivity contribution in [3.8, 4) is 11.1 Å². The number of anilines is 1. The van der Waals surface area contributed by atoms with E-state index in [1.54, 1.807) is 0 Å². The third-order valence-corrected chi connectivity index (χ3v) is 4.26. The van der Waals surface area contributed by atoms with Crippen LogP contribution in [0.4, 0.5) is 23.7 Å². The van der Waals surface area contributed by atoms with Gasteiger partial charge in [0.15, 0.2) is 0 Å². The lowest BCUT2D eigenvalue weighted by Crippen LogP contribution is -2.35. The van der Waals surface area contributed by atoms with E-state index in [9.17, 15) is 23.1 Å². The number of nitrogens with one attached hydrogen (secondary N) is 1. The highest BCUT2D eigenvalue weighted by Gasteiger charge is 2.25. The van der Waals surface area contributed by atoms with Crippen molar-refractivity contribution in [1.29, 1.82) is 0 Å². The van der Waals surface area contributed by atoms with Crippen LogP contribution in [0, 0.1) is 23.4 Å². The monoisotopic (exact) mass is 350 g/mol. The molecule has 25 heavy (non-hydrogen) atoms. The Morgan fingerprint density at radius 1 is 1.12 bits per heavy atom. The van der Waals surface area contributed by atoms with E-state index in [1.807, 2.05) is 0 Å². The molecule has 0 aromatic heterocycles. The predicted octanol–water partition coefficient (Wildman–Crippen LogP) is 3.86. The third-order valence-electron chi connectivity index (χ3n) is 4.26. The van der Waals surface area contributed by atoms with Gasteiger partial charge in [0.2, 0.25) is 0 Å². The first-order chi connectivity index (χ1) is 11.9. The summed E-state index contributed by atoms with van der Waals surface area (Å²) in [6, 6.07) is 6.37. The Morgan fingerprint density at radius 2 is 1.84 bits per heavy atom. The van der Waals surface area contributed by atoms with Gasteiger partial charge in [0.05, 0.1) is 5.69 Å². The van der Waals surface area contributed by atoms with Gasteiger partial charge in [-0.25, -0.2) is 18.0 Å². The molecule has 0 saturated carbocycles. The van der Waals surface area contributed by atoms with Gasteiger partial charge >= 0.3 is 6.09 Å². The van der Waals surface area contributed by atoms with Crippen molar-refractivity contribution >= 4 is 11.8 Å². The second kappa shape index (κ2) is 7.14. The Labute approximate surface area is 142 Å². The van der Waals surface area contributed by atoms with Crippen molar-refractivity contribution in [2.75, 3.05) is 24.5 Å². The molecule has 132 valence electrons. The topological polar surface area (TPSA) is 52.6 Å². The van der Waals surface area contributed by atoms with Crippen molar-refractivity contribution in [2.45, 2.75) is 6.42 Å². The minimum absolute atomic E-state index is 0.0859. The lowest BCUT2D eigenvalue weighted by atomic mass is 10.0. The Kier molecular flexibility index (Phi) is 4.94. The fraction of sp³-hybridized carbons (Fsp3) is 0.278. The van der Waals surface area contributed by atoms with Gasteiger partial charge in [0.1, 0.15) is 17.5 Å². The van der Waals surface area contributed by atoms with Crippen LogP contribution in [0.2, 0.25) is 0 Å². The molecule has 1 atom stereocenters. The Balaban J connectivity index is 2.06. The zero-order chi connectivity index (χ0) is 18.0. The number of hydrogen-bond donors (Lipinski definition) is 2. The maximum Gasteiger partial charge on any atom is 0.411 e. The van der Waals surface area contributed by atoms with E-state index in [-0.39, 0.29) is 29.3 Å². The van der Waals surface area contributed by atoms with Crippen LogP contribution in [-0.4, -0.2) is 30.8 Å². The molecule has 2 aromatic carbocycles. The van der Waals surface area contributed by atoms with Gasteiger partial charge in [-0.15, -0.1) is 0 Å². The lowest BCUT2D eigenvalue weighted by molar-refractivity contribution is 0.200. The summed E-state index contributed by atoms with van der Waals surface area (Å²) in [7, 11) is 0. The van der Waals surface area contributed by atoms with Crippen molar-refractivity contribution < 1.29 is 23.1 Å². The molecule has 3 rings (SSSR count). The largest absolute Gasteiger partial charge is 0.465 e. The normalized spacial score (nSPS) is 16.8. The Morgan fingerprint density at radius 3 is 2.44 bits per heavy atom. The number of benzene rings is 2. The highest BCUT2D eigenvalue weighted by Crippen LogP contribution is 2.33. The Hall–Kier alpha value is -2.54. The van der Waals surface area contributed by atoms with Crippen LogP contribution >= 0.6 is 0 Å². The van der Waals surface area contributed by atoms with Gasteiger partial charge in [0, 0.05) is 18.2 Å². The van der Waals surface area contributed by atoms with Crippen LogP contribution in [0.25, 0.3) is 11.1 Å². The van der Waals surface area contributed by atoms with E-state index in [2.05, 4.69) is 5.32 Å². The second-order valence-electron chi connectivity index (χ2n) is 6.07. The van der Waals surface area contributed by atoms with Crippen LogP contribution < -0.4 is 10.2 Å². The number of amides is 1. The van der Waals surface area contributed by atoms with Crippen molar-refractivity contribution in [3.05, 3.63) is 53.8 Å². The van der Waals surface area contributed by atoms with E-state index in [4.69, 9.17) is 0 Å². The maximum atomic E-state index is 13.7. The third kappa shape index (κ3) is 3.93. The average molecular weight is 350 g/mol. The van der Waals surface area contributed by atoms with Crippen molar-refractivity contribution in [1.82, 2.24) is 5.32 Å². The first-order valence-electron chi connectivity index (χ1n) is 7.91. The molecule has 7 heteroatoms. The molecule has 0 unspecified atom stereocenters. The first kappa shape index (κ1) is 17.3. The minimum atomic E-state index is -1.20. The van der Waals surface area contributed by atoms with E-state index in [1.165, 1.54) is 6.07 Å². The summed E-state index contributed by atoms with van der Waals surface area (Å²) < 4.78 is 40.9. The fourth-order valence-corrected chi connectivity index (χ4v) is 3.09. The molecule has 2 N–H and O–H groups in total. The standard InChI is InChI=1S/C18H17F3N2O2/c19-13-1-2-17(23(18(24)25)10-11-3-4-22-9-11)16(8-13)12-5-14(20)7-15(21)6-12/h1-2,5-8,11,22H,3-4,9-10H2,(H,24,25)/t11-/m1/s1. The number of nitrogens with zero attached hydrogens (tertiary/aromatic N) is 1. The van der Waals surface area contributed by atoms with Crippen molar-refractivity contribution in [2.24, 2.45) is 5.92 Å². The SMILES string of the molecule is O=C(O)N(C[C@@H]1CCNC1)c1ccc(F)cc1-c1cc(F)cc(F)c1. The molecule has 0 aliphatic carbocycles. The summed E-state index contributed by atoms with van der Waals surface area (Å²) in [6.45, 7) is 1.72. The van der Waals surface area contributed by atoms with E-state index in [0.717, 1.165) is 42.1 Å². The number of rotatable bonds is 4. The lowest BCUT2D eigenvalue weighted by Gasteiger charge is -2.25. The van der Waals surface area contributed by atoms with Crippen LogP contribution in [0.5, 0.6) is 0 Å². The molecule has 1 aliphatic rings. The molecule has 1 amide bonds. The highest BCUT2D eigenvalue weighted by molar-refractivity contribution is 5.92. The van der Waals surface area contributed by atoms with E-state index < -0.39 is 23.5 Å². The molecule has 0 radical (unpaired) electrons. The smallest absolute Gasteiger partial charge is 0.411 e. The predicted molar refractivity (Wildman–Crippen MR) is 88.1 cm³/mol. The van der Waals surface area contributed by atoms with Crippen LogP contribution in [0.1, 0.15) is 6.42 Å². The van der Waals surface area contributed by atoms with Gasteiger partial charge in [0.25, 0.3) is 0 Å². The summed E-state index contributed by atoms with van der Waals surface area (Å²) in [6.07, 6.45) is -0.369. The first-order valence-corrected chi connectivity index (χ1v) is 7.91. The summed E-state index contributed by atoms with van der Waals surface area (Å²) >= 11 is 0. The maximum absolute atomic E-state index is 13.7. The van der Waals surface area contributed by atoms with E-state index in [0.29, 0.717) is 12.6 Å². The molecule has 2 aromatic rings. The van der Waals surface area contributed by atoms with Gasteiger partial charge in [-0.2, -0.15) is 0 Å². The molecular formula is C18H17F3N2O2. The summed E-state index contributed by atoms with van der Waals surface area (Å²) in [5.74, 6) is -2.12. The fourth-order valence-electron chi connectivity index (χ4n) is 3.09. The number of halogens is 3. The molecule has 1 aliphatic heterocycles. The molecule has 0 bridgehead atoms. The zero-order valence-corrected chi connectivity index (χ0v) is 13.3. The number of carbonyl (C=O) groups is 1. The number of carboxylic acid groups (broad SMARTS) is 1. The average Bonchev–Trinajstić information content (AvgIpc) is 3.05. The molecule has 0 spiro atoms. The molecule has 1 saturated heterocycles. The van der Waals surface area contributed by atoms with Gasteiger partial charge in [-0.3, -0.25) is 4.90 Å². The van der Waals surface area contributed by atoms with Gasteiger partial charge < -0.3 is 10.4 Å². The molecule has 1 heterocycles. The van der Waals surface area contributed by atoms with Crippen LogP contribution in [0.15, 0.2) is 36.4 Å². The summed E-state index contributed by atoms with van der Waals surface area (Å²) in [5.41, 5.74) is 0.417. The highest BCUT2D eigenvalue weighted by atomic mass is 19.1. The minimum Gasteiger partial charge on any atom is -0.465 e. The number of hydrogen-bond acceptors (Lipinski definition) is 2. The Bertz CT molecular complexity index is 772. The summed E-state index contributed by atoms with van der Waals surface area (Å²) in [5, 5.41) is 12.8.